The maximum atomic E-state index is 13.3. The van der Waals surface area contributed by atoms with Crippen molar-refractivity contribution in [1.82, 2.24) is 0 Å². The number of carbonyl (C=O) groups excluding carboxylic acids is 4. The Kier molecular flexibility index (Phi) is 18.0. The van der Waals surface area contributed by atoms with E-state index in [1.165, 1.54) is 0 Å². The molecule has 0 aliphatic carbocycles. The predicted octanol–water partition coefficient (Wildman–Crippen LogP) is 10.8. The van der Waals surface area contributed by atoms with Gasteiger partial charge in [0.2, 0.25) is 0 Å². The van der Waals surface area contributed by atoms with Gasteiger partial charge in [-0.15, -0.1) is 0 Å². The molecule has 0 amide bonds. The van der Waals surface area contributed by atoms with Gasteiger partial charge in [0.1, 0.15) is 0 Å². The average molecular weight is 749 g/mol. The van der Waals surface area contributed by atoms with Gasteiger partial charge in [0, 0.05) is 52.8 Å². The van der Waals surface area contributed by atoms with Gasteiger partial charge >= 0.3 is 0 Å². The monoisotopic (exact) mass is 748 g/mol. The lowest BCUT2D eigenvalue weighted by molar-refractivity contribution is -0.117. The molecule has 7 heteroatoms. The van der Waals surface area contributed by atoms with E-state index in [1.807, 2.05) is 71.0 Å². The fraction of sp³-hybridized carbons (Fsp3) is 0.417. The molecule has 55 heavy (non-hydrogen) atoms. The lowest BCUT2D eigenvalue weighted by atomic mass is 9.93. The molecule has 0 aliphatic rings. The van der Waals surface area contributed by atoms with Gasteiger partial charge in [-0.25, -0.2) is 0 Å². The first-order valence-electron chi connectivity index (χ1n) is 19.5. The number of ether oxygens (including phenoxy) is 3. The molecule has 4 aromatic carbocycles. The summed E-state index contributed by atoms with van der Waals surface area (Å²) in [5.74, 6) is -0.272. The van der Waals surface area contributed by atoms with Crippen molar-refractivity contribution in [3.63, 3.8) is 0 Å². The molecule has 0 N–H and O–H groups in total. The zero-order chi connectivity index (χ0) is 40.4. The van der Waals surface area contributed by atoms with Gasteiger partial charge in [-0.1, -0.05) is 144 Å². The van der Waals surface area contributed by atoms with Crippen molar-refractivity contribution in [3.8, 4) is 0 Å². The minimum absolute atomic E-state index is 0.0448. The highest BCUT2D eigenvalue weighted by Gasteiger charge is 2.24. The first-order valence-corrected chi connectivity index (χ1v) is 19.5. The lowest BCUT2D eigenvalue weighted by Crippen LogP contribution is -2.34. The van der Waals surface area contributed by atoms with E-state index in [0.717, 1.165) is 6.42 Å². The standard InChI is InChI=1S/C46H54O7.C2H6/c1-45(2,3)29-30-51-31-39(25-27-41(47)33-17-21-37(22-18-33)43(49)35-13-9-7-10-14-35)52-32-40(53-46(4,5)6)26-28-42(48)34-19-23-38(24-20-34)44(50)36-15-11-8-12-16-36;1-2/h7-24,39-40H,25-32H2,1-6H3;1-2H3. The van der Waals surface area contributed by atoms with Gasteiger partial charge in [0.25, 0.3) is 0 Å². The minimum atomic E-state index is -0.473. The van der Waals surface area contributed by atoms with Crippen LogP contribution < -0.4 is 0 Å². The topological polar surface area (TPSA) is 96.0 Å². The summed E-state index contributed by atoms with van der Waals surface area (Å²) in [6.07, 6.45) is 1.50. The Bertz CT molecular complexity index is 1760. The van der Waals surface area contributed by atoms with Crippen molar-refractivity contribution >= 4 is 23.1 Å². The third-order valence-electron chi connectivity index (χ3n) is 8.74. The maximum Gasteiger partial charge on any atom is 0.193 e. The SMILES string of the molecule is CC.CC(C)(C)CCOCC(CCC(=O)c1ccc(C(=O)c2ccccc2)cc1)OCC(CCC(=O)c1ccc(C(=O)c2ccccc2)cc1)OC(C)(C)C. The number of rotatable bonds is 20. The molecule has 294 valence electrons. The summed E-state index contributed by atoms with van der Waals surface area (Å²) < 4.78 is 18.8. The first kappa shape index (κ1) is 44.8. The Hall–Kier alpha value is -4.56. The number of Topliss-reactive ketones (excluding diaryl/α,β-unsaturated/α-hetero) is 2. The maximum absolute atomic E-state index is 13.3. The molecular formula is C48H60O7. The van der Waals surface area contributed by atoms with Crippen LogP contribution in [0.15, 0.2) is 109 Å². The van der Waals surface area contributed by atoms with E-state index in [-0.39, 0.29) is 60.2 Å². The lowest BCUT2D eigenvalue weighted by Gasteiger charge is -2.29. The van der Waals surface area contributed by atoms with Crippen molar-refractivity contribution < 1.29 is 33.4 Å². The predicted molar refractivity (Wildman–Crippen MR) is 220 cm³/mol. The zero-order valence-electron chi connectivity index (χ0n) is 34.1. The molecule has 0 aliphatic heterocycles. The Labute approximate surface area is 328 Å². The highest BCUT2D eigenvalue weighted by atomic mass is 16.6. The van der Waals surface area contributed by atoms with Crippen molar-refractivity contribution in [2.75, 3.05) is 19.8 Å². The fourth-order valence-corrected chi connectivity index (χ4v) is 5.73. The molecule has 0 saturated heterocycles. The van der Waals surface area contributed by atoms with Crippen LogP contribution in [-0.2, 0) is 14.2 Å². The molecule has 0 radical (unpaired) electrons. The van der Waals surface area contributed by atoms with Gasteiger partial charge in [0.15, 0.2) is 23.1 Å². The van der Waals surface area contributed by atoms with Crippen LogP contribution in [0.3, 0.4) is 0 Å². The fourth-order valence-electron chi connectivity index (χ4n) is 5.73. The van der Waals surface area contributed by atoms with Gasteiger partial charge in [-0.05, 0) is 45.4 Å². The molecule has 2 atom stereocenters. The summed E-state index contributed by atoms with van der Waals surface area (Å²) in [6, 6.07) is 31.7. The zero-order valence-corrected chi connectivity index (χ0v) is 34.1. The van der Waals surface area contributed by atoms with Crippen LogP contribution in [0.4, 0.5) is 0 Å². The largest absolute Gasteiger partial charge is 0.379 e. The summed E-state index contributed by atoms with van der Waals surface area (Å²) >= 11 is 0. The first-order chi connectivity index (χ1) is 26.2. The molecule has 0 spiro atoms. The number of ketones is 4. The molecular weight excluding hydrogens is 689 g/mol. The van der Waals surface area contributed by atoms with E-state index >= 15 is 0 Å². The van der Waals surface area contributed by atoms with Crippen molar-refractivity contribution in [3.05, 3.63) is 143 Å². The van der Waals surface area contributed by atoms with Crippen molar-refractivity contribution in [2.45, 2.75) is 105 Å². The van der Waals surface area contributed by atoms with Crippen LogP contribution in [0, 0.1) is 5.41 Å². The third kappa shape index (κ3) is 16.0. The Morgan fingerprint density at radius 3 is 1.29 bits per heavy atom. The number of benzene rings is 4. The Balaban J connectivity index is 0.00000399. The van der Waals surface area contributed by atoms with Gasteiger partial charge in [0.05, 0.1) is 31.0 Å². The number of carbonyl (C=O) groups is 4. The summed E-state index contributed by atoms with van der Waals surface area (Å²) in [5.41, 5.74) is 2.97. The van der Waals surface area contributed by atoms with Crippen LogP contribution in [0.5, 0.6) is 0 Å². The summed E-state index contributed by atoms with van der Waals surface area (Å²) in [7, 11) is 0. The van der Waals surface area contributed by atoms with Gasteiger partial charge in [-0.2, -0.15) is 0 Å². The van der Waals surface area contributed by atoms with Crippen LogP contribution in [0.1, 0.15) is 140 Å². The second kappa shape index (κ2) is 22.1. The second-order valence-corrected chi connectivity index (χ2v) is 15.7. The summed E-state index contributed by atoms with van der Waals surface area (Å²) in [6.45, 7) is 17.5. The van der Waals surface area contributed by atoms with Gasteiger partial charge < -0.3 is 14.2 Å². The van der Waals surface area contributed by atoms with Crippen LogP contribution in [0.25, 0.3) is 0 Å². The van der Waals surface area contributed by atoms with Gasteiger partial charge in [-0.3, -0.25) is 19.2 Å². The Morgan fingerprint density at radius 2 is 0.891 bits per heavy atom. The van der Waals surface area contributed by atoms with E-state index in [2.05, 4.69) is 20.8 Å². The minimum Gasteiger partial charge on any atom is -0.379 e. The van der Waals surface area contributed by atoms with Crippen LogP contribution in [0.2, 0.25) is 0 Å². The van der Waals surface area contributed by atoms with E-state index in [1.54, 1.807) is 72.8 Å². The molecule has 2 unspecified atom stereocenters. The molecule has 4 aromatic rings. The summed E-state index contributed by atoms with van der Waals surface area (Å²) in [5, 5.41) is 0. The quantitative estimate of drug-likeness (QED) is 0.0656. The van der Waals surface area contributed by atoms with E-state index in [0.29, 0.717) is 59.4 Å². The molecule has 0 fully saturated rings. The summed E-state index contributed by atoms with van der Waals surface area (Å²) in [4.78, 5) is 52.1. The number of hydrogen-bond donors (Lipinski definition) is 0. The molecule has 4 rings (SSSR count). The molecule has 0 saturated carbocycles. The molecule has 7 nitrogen and oxygen atoms in total. The van der Waals surface area contributed by atoms with Crippen molar-refractivity contribution in [1.29, 1.82) is 0 Å². The normalized spacial score (nSPS) is 12.6. The molecule has 0 bridgehead atoms. The van der Waals surface area contributed by atoms with E-state index in [4.69, 9.17) is 14.2 Å². The smallest absolute Gasteiger partial charge is 0.193 e. The highest BCUT2D eigenvalue weighted by molar-refractivity contribution is 6.10. The average Bonchev–Trinajstić information content (AvgIpc) is 3.19. The molecule has 0 aromatic heterocycles. The van der Waals surface area contributed by atoms with Crippen LogP contribution in [-0.4, -0.2) is 60.8 Å². The second-order valence-electron chi connectivity index (χ2n) is 15.7. The highest BCUT2D eigenvalue weighted by Crippen LogP contribution is 2.21. The third-order valence-corrected chi connectivity index (χ3v) is 8.74. The Morgan fingerprint density at radius 1 is 0.509 bits per heavy atom. The molecule has 0 heterocycles. The number of hydrogen-bond acceptors (Lipinski definition) is 7. The van der Waals surface area contributed by atoms with Crippen LogP contribution >= 0.6 is 0 Å². The van der Waals surface area contributed by atoms with E-state index < -0.39 is 5.60 Å². The van der Waals surface area contributed by atoms with E-state index in [9.17, 15) is 19.2 Å². The van der Waals surface area contributed by atoms with Crippen molar-refractivity contribution in [2.24, 2.45) is 5.41 Å².